The Balaban J connectivity index is 1.67. The van der Waals surface area contributed by atoms with Gasteiger partial charge in [-0.15, -0.1) is 10.2 Å². The van der Waals surface area contributed by atoms with E-state index >= 15 is 0 Å². The molecule has 4 rings (SSSR count). The molecular formula is C22H17N5O3. The summed E-state index contributed by atoms with van der Waals surface area (Å²) in [6, 6.07) is 20.2. The molecule has 0 fully saturated rings. The smallest absolute Gasteiger partial charge is 0.296 e. The summed E-state index contributed by atoms with van der Waals surface area (Å²) in [7, 11) is 0. The van der Waals surface area contributed by atoms with E-state index in [1.807, 2.05) is 54.6 Å². The van der Waals surface area contributed by atoms with Gasteiger partial charge in [0.1, 0.15) is 0 Å². The second-order valence-corrected chi connectivity index (χ2v) is 6.48. The second kappa shape index (κ2) is 8.36. The predicted molar refractivity (Wildman–Crippen MR) is 112 cm³/mol. The Bertz CT molecular complexity index is 1250. The number of oxime groups is 1. The first-order valence-corrected chi connectivity index (χ1v) is 9.11. The van der Waals surface area contributed by atoms with Gasteiger partial charge in [-0.3, -0.25) is 9.78 Å². The highest BCUT2D eigenvalue weighted by Gasteiger charge is 2.17. The molecule has 0 saturated carbocycles. The van der Waals surface area contributed by atoms with E-state index in [2.05, 4.69) is 20.4 Å². The van der Waals surface area contributed by atoms with E-state index in [1.165, 1.54) is 18.3 Å². The maximum Gasteiger partial charge on any atom is 0.296 e. The molecule has 0 spiro atoms. The second-order valence-electron chi connectivity index (χ2n) is 6.48. The van der Waals surface area contributed by atoms with E-state index in [-0.39, 0.29) is 17.1 Å². The molecule has 2 aromatic carbocycles. The van der Waals surface area contributed by atoms with Crippen LogP contribution >= 0.6 is 0 Å². The number of benzene rings is 2. The van der Waals surface area contributed by atoms with Crippen molar-refractivity contribution in [1.29, 1.82) is 0 Å². The lowest BCUT2D eigenvalue weighted by Gasteiger charge is -2.06. The molecular weight excluding hydrogens is 382 g/mol. The Morgan fingerprint density at radius 1 is 1.03 bits per heavy atom. The SMILES string of the molecule is O=C(N=Nc1c(O)n(Cc2ccccc2)c2ccccc12)c1ccc(/C=N/O)nc1. The van der Waals surface area contributed by atoms with Gasteiger partial charge in [0.2, 0.25) is 5.88 Å². The van der Waals surface area contributed by atoms with Crippen LogP contribution < -0.4 is 0 Å². The lowest BCUT2D eigenvalue weighted by Crippen LogP contribution is -1.98. The third kappa shape index (κ3) is 3.79. The van der Waals surface area contributed by atoms with Crippen LogP contribution in [0.25, 0.3) is 10.9 Å². The predicted octanol–water partition coefficient (Wildman–Crippen LogP) is 4.52. The van der Waals surface area contributed by atoms with Crippen molar-refractivity contribution in [3.05, 3.63) is 89.7 Å². The molecule has 4 aromatic rings. The maximum atomic E-state index is 12.4. The van der Waals surface area contributed by atoms with Crippen molar-refractivity contribution in [1.82, 2.24) is 9.55 Å². The van der Waals surface area contributed by atoms with Crippen molar-refractivity contribution in [3.8, 4) is 5.88 Å². The highest BCUT2D eigenvalue weighted by atomic mass is 16.4. The summed E-state index contributed by atoms with van der Waals surface area (Å²) >= 11 is 0. The lowest BCUT2D eigenvalue weighted by molar-refractivity contribution is 0.0994. The number of para-hydroxylation sites is 1. The third-order valence-electron chi connectivity index (χ3n) is 4.57. The molecule has 0 atom stereocenters. The minimum Gasteiger partial charge on any atom is -0.493 e. The Labute approximate surface area is 171 Å². The van der Waals surface area contributed by atoms with Gasteiger partial charge in [0, 0.05) is 11.6 Å². The van der Waals surface area contributed by atoms with E-state index in [1.54, 1.807) is 4.57 Å². The summed E-state index contributed by atoms with van der Waals surface area (Å²) in [6.45, 7) is 0.453. The lowest BCUT2D eigenvalue weighted by atomic mass is 10.2. The van der Waals surface area contributed by atoms with Crippen LogP contribution in [0.15, 0.2) is 88.3 Å². The summed E-state index contributed by atoms with van der Waals surface area (Å²) in [4.78, 5) is 16.3. The molecule has 0 bridgehead atoms. The monoisotopic (exact) mass is 399 g/mol. The first kappa shape index (κ1) is 19.0. The first-order valence-electron chi connectivity index (χ1n) is 9.11. The number of hydrogen-bond acceptors (Lipinski definition) is 6. The fourth-order valence-electron chi connectivity index (χ4n) is 3.12. The van der Waals surface area contributed by atoms with Crippen molar-refractivity contribution in [2.75, 3.05) is 0 Å². The van der Waals surface area contributed by atoms with Gasteiger partial charge in [0.05, 0.1) is 29.5 Å². The Morgan fingerprint density at radius 3 is 2.53 bits per heavy atom. The Morgan fingerprint density at radius 2 is 1.80 bits per heavy atom. The largest absolute Gasteiger partial charge is 0.493 e. The fourth-order valence-corrected chi connectivity index (χ4v) is 3.12. The van der Waals surface area contributed by atoms with E-state index in [4.69, 9.17) is 5.21 Å². The van der Waals surface area contributed by atoms with Crippen LogP contribution in [-0.2, 0) is 6.54 Å². The molecule has 0 radical (unpaired) electrons. The molecule has 8 nitrogen and oxygen atoms in total. The molecule has 0 aliphatic rings. The van der Waals surface area contributed by atoms with Gasteiger partial charge in [-0.05, 0) is 23.8 Å². The minimum absolute atomic E-state index is 0.0655. The van der Waals surface area contributed by atoms with Gasteiger partial charge < -0.3 is 14.9 Å². The van der Waals surface area contributed by atoms with Crippen LogP contribution in [0.2, 0.25) is 0 Å². The van der Waals surface area contributed by atoms with E-state index in [0.717, 1.165) is 17.3 Å². The van der Waals surface area contributed by atoms with Gasteiger partial charge in [-0.2, -0.15) is 0 Å². The van der Waals surface area contributed by atoms with Crippen molar-refractivity contribution in [2.45, 2.75) is 6.54 Å². The highest BCUT2D eigenvalue weighted by molar-refractivity contribution is 5.97. The maximum absolute atomic E-state index is 12.4. The number of rotatable bonds is 5. The van der Waals surface area contributed by atoms with Crippen LogP contribution in [0.4, 0.5) is 5.69 Å². The summed E-state index contributed by atoms with van der Waals surface area (Å²) in [5, 5.41) is 30.7. The number of aromatic nitrogens is 2. The van der Waals surface area contributed by atoms with Crippen LogP contribution in [-0.4, -0.2) is 32.0 Å². The van der Waals surface area contributed by atoms with E-state index in [0.29, 0.717) is 17.6 Å². The zero-order valence-electron chi connectivity index (χ0n) is 15.8. The Kier molecular flexibility index (Phi) is 5.29. The number of carbonyl (C=O) groups is 1. The topological polar surface area (TPSA) is 112 Å². The number of pyridine rings is 1. The molecule has 2 heterocycles. The van der Waals surface area contributed by atoms with Gasteiger partial charge in [-0.1, -0.05) is 53.7 Å². The highest BCUT2D eigenvalue weighted by Crippen LogP contribution is 2.39. The van der Waals surface area contributed by atoms with E-state index in [9.17, 15) is 9.90 Å². The number of hydrogen-bond donors (Lipinski definition) is 2. The number of carbonyl (C=O) groups excluding carboxylic acids is 1. The minimum atomic E-state index is -0.603. The van der Waals surface area contributed by atoms with Crippen LogP contribution in [0.5, 0.6) is 5.88 Å². The summed E-state index contributed by atoms with van der Waals surface area (Å²) < 4.78 is 1.73. The fraction of sp³-hybridized carbons (Fsp3) is 0.0455. The number of azo groups is 1. The van der Waals surface area contributed by atoms with Crippen molar-refractivity contribution in [3.63, 3.8) is 0 Å². The Hall–Kier alpha value is -4.33. The molecule has 1 amide bonds. The summed E-state index contributed by atoms with van der Waals surface area (Å²) in [5.41, 5.74) is 2.65. The molecule has 0 saturated heterocycles. The van der Waals surface area contributed by atoms with Crippen molar-refractivity contribution in [2.24, 2.45) is 15.4 Å². The van der Waals surface area contributed by atoms with Crippen molar-refractivity contribution >= 4 is 28.7 Å². The molecule has 30 heavy (non-hydrogen) atoms. The molecule has 8 heteroatoms. The first-order chi connectivity index (χ1) is 14.7. The van der Waals surface area contributed by atoms with E-state index < -0.39 is 5.91 Å². The van der Waals surface area contributed by atoms with Gasteiger partial charge in [0.25, 0.3) is 5.91 Å². The van der Waals surface area contributed by atoms with Gasteiger partial charge in [0.15, 0.2) is 5.69 Å². The van der Waals surface area contributed by atoms with Crippen LogP contribution in [0, 0.1) is 0 Å². The molecule has 2 aromatic heterocycles. The number of nitrogens with zero attached hydrogens (tertiary/aromatic N) is 5. The number of aromatic hydroxyl groups is 1. The average Bonchev–Trinajstić information content (AvgIpc) is 3.04. The third-order valence-corrected chi connectivity index (χ3v) is 4.57. The summed E-state index contributed by atoms with van der Waals surface area (Å²) in [6.07, 6.45) is 2.46. The molecule has 2 N–H and O–H groups in total. The standard InChI is InChI=1S/C22H17N5O3/c28-21(16-10-11-17(13-24-30)23-12-16)26-25-20-18-8-4-5-9-19(18)27(22(20)29)14-15-6-2-1-3-7-15/h1-13,29-30H,14H2/b24-13+,26-25?. The molecule has 0 aliphatic carbocycles. The zero-order chi connectivity index (χ0) is 20.9. The summed E-state index contributed by atoms with van der Waals surface area (Å²) in [5.74, 6) is -0.668. The van der Waals surface area contributed by atoms with Crippen LogP contribution in [0.3, 0.4) is 0 Å². The van der Waals surface area contributed by atoms with Crippen molar-refractivity contribution < 1.29 is 15.1 Å². The number of fused-ring (bicyclic) bond motifs is 1. The average molecular weight is 399 g/mol. The zero-order valence-corrected chi connectivity index (χ0v) is 15.8. The molecule has 0 unspecified atom stereocenters. The van der Waals surface area contributed by atoms with Gasteiger partial charge in [-0.25, -0.2) is 0 Å². The van der Waals surface area contributed by atoms with Crippen LogP contribution in [0.1, 0.15) is 21.6 Å². The quantitative estimate of drug-likeness (QED) is 0.222. The number of amides is 1. The molecule has 0 aliphatic heterocycles. The van der Waals surface area contributed by atoms with Gasteiger partial charge >= 0.3 is 0 Å². The normalized spacial score (nSPS) is 11.6. The molecule has 148 valence electrons.